The number of likely N-dealkylation sites (tertiary alicyclic amines) is 1. The van der Waals surface area contributed by atoms with Crippen LogP contribution in [0.5, 0.6) is 0 Å². The van der Waals surface area contributed by atoms with Crippen LogP contribution in [0.25, 0.3) is 34.0 Å². The molecule has 0 atom stereocenters. The van der Waals surface area contributed by atoms with Crippen molar-refractivity contribution in [3.63, 3.8) is 0 Å². The number of pyridine rings is 1. The number of anilines is 1. The van der Waals surface area contributed by atoms with Crippen molar-refractivity contribution in [2.45, 2.75) is 19.3 Å². The first-order valence-corrected chi connectivity index (χ1v) is 11.4. The van der Waals surface area contributed by atoms with Gasteiger partial charge in [-0.25, -0.2) is 0 Å². The number of nitrogens with one attached hydrogen (secondary N) is 2. The standard InChI is InChI=1S/C27H30N4.HI/c1-30-23(14-13-22-19-21-9-3-5-11-25(21)29-22)20-26(24-10-4-6-12-27(24)30)28-15-18-31-16-7-2-8-17-31;/h3-6,9-14,19-20H,2,7-8,15-18H2,1H3,(H,28,29);1H. The Morgan fingerprint density at radius 2 is 1.75 bits per heavy atom. The molecule has 2 aromatic carbocycles. The zero-order valence-corrected chi connectivity index (χ0v) is 20.8. The highest BCUT2D eigenvalue weighted by molar-refractivity contribution is 5.90. The van der Waals surface area contributed by atoms with E-state index in [2.05, 4.69) is 99.6 Å². The van der Waals surface area contributed by atoms with Crippen LogP contribution in [0.4, 0.5) is 5.69 Å². The third-order valence-electron chi connectivity index (χ3n) is 6.41. The first-order valence-electron chi connectivity index (χ1n) is 11.4. The largest absolute Gasteiger partial charge is 1.00 e. The zero-order valence-electron chi connectivity index (χ0n) is 18.7. The van der Waals surface area contributed by atoms with Crippen LogP contribution in [0.3, 0.4) is 0 Å². The second-order valence-electron chi connectivity index (χ2n) is 8.53. The number of halogens is 1. The van der Waals surface area contributed by atoms with Gasteiger partial charge in [0.15, 0.2) is 0 Å². The Morgan fingerprint density at radius 3 is 2.59 bits per heavy atom. The number of aryl methyl sites for hydroxylation is 1. The number of hydrogen-bond acceptors (Lipinski definition) is 2. The molecule has 1 fully saturated rings. The van der Waals surface area contributed by atoms with Gasteiger partial charge in [-0.2, -0.15) is 4.57 Å². The molecular weight excluding hydrogens is 507 g/mol. The predicted octanol–water partition coefficient (Wildman–Crippen LogP) is 2.22. The monoisotopic (exact) mass is 538 g/mol. The maximum absolute atomic E-state index is 3.73. The molecule has 32 heavy (non-hydrogen) atoms. The number of rotatable bonds is 6. The second-order valence-corrected chi connectivity index (χ2v) is 8.53. The number of nitrogens with zero attached hydrogens (tertiary/aromatic N) is 2. The molecule has 0 bridgehead atoms. The van der Waals surface area contributed by atoms with E-state index in [-0.39, 0.29) is 24.0 Å². The maximum Gasteiger partial charge on any atom is 0.214 e. The Morgan fingerprint density at radius 1 is 0.969 bits per heavy atom. The van der Waals surface area contributed by atoms with Crippen LogP contribution in [-0.2, 0) is 7.05 Å². The number of hydrogen-bond donors (Lipinski definition) is 2. The molecule has 0 spiro atoms. The lowest BCUT2D eigenvalue weighted by Crippen LogP contribution is -3.00. The topological polar surface area (TPSA) is 34.9 Å². The average molecular weight is 538 g/mol. The van der Waals surface area contributed by atoms with Gasteiger partial charge in [0.05, 0.1) is 11.1 Å². The quantitative estimate of drug-likeness (QED) is 0.292. The molecule has 4 aromatic rings. The SMILES string of the molecule is C[n+]1c(/C=C/c2cc3ccccc3[nH]2)cc(NCCN2CCCCC2)c2ccccc21.[I-]. The van der Waals surface area contributed by atoms with E-state index in [4.69, 9.17) is 0 Å². The number of aromatic nitrogens is 2. The molecule has 0 amide bonds. The number of H-pyrrole nitrogens is 1. The molecule has 2 N–H and O–H groups in total. The summed E-state index contributed by atoms with van der Waals surface area (Å²) in [6.45, 7) is 4.56. The molecular formula is C27H31IN4. The molecule has 3 heterocycles. The lowest BCUT2D eigenvalue weighted by atomic mass is 10.1. The third kappa shape index (κ3) is 4.99. The van der Waals surface area contributed by atoms with Gasteiger partial charge in [-0.05, 0) is 55.6 Å². The van der Waals surface area contributed by atoms with Crippen LogP contribution in [0.1, 0.15) is 30.7 Å². The van der Waals surface area contributed by atoms with E-state index in [0.29, 0.717) is 0 Å². The van der Waals surface area contributed by atoms with Gasteiger partial charge in [0.1, 0.15) is 7.05 Å². The second kappa shape index (κ2) is 10.5. The van der Waals surface area contributed by atoms with Crippen LogP contribution >= 0.6 is 0 Å². The zero-order chi connectivity index (χ0) is 21.0. The highest BCUT2D eigenvalue weighted by atomic mass is 127. The lowest BCUT2D eigenvalue weighted by Gasteiger charge is -2.26. The normalized spacial score (nSPS) is 14.8. The summed E-state index contributed by atoms with van der Waals surface area (Å²) in [5.41, 5.74) is 5.92. The molecule has 4 nitrogen and oxygen atoms in total. The summed E-state index contributed by atoms with van der Waals surface area (Å²) in [7, 11) is 2.14. The first-order chi connectivity index (χ1) is 15.3. The van der Waals surface area contributed by atoms with Crippen LogP contribution in [0.15, 0.2) is 60.7 Å². The van der Waals surface area contributed by atoms with Gasteiger partial charge in [0, 0.05) is 42.5 Å². The van der Waals surface area contributed by atoms with Crippen molar-refractivity contribution in [3.05, 3.63) is 72.1 Å². The molecule has 0 saturated carbocycles. The molecule has 0 radical (unpaired) electrons. The van der Waals surface area contributed by atoms with E-state index in [9.17, 15) is 0 Å². The minimum absolute atomic E-state index is 0. The van der Waals surface area contributed by atoms with Gasteiger partial charge >= 0.3 is 0 Å². The van der Waals surface area contributed by atoms with E-state index in [1.165, 1.54) is 65.5 Å². The van der Waals surface area contributed by atoms with Crippen molar-refractivity contribution in [1.29, 1.82) is 0 Å². The fraction of sp³-hybridized carbons (Fsp3) is 0.296. The minimum Gasteiger partial charge on any atom is -1.00 e. The predicted molar refractivity (Wildman–Crippen MR) is 131 cm³/mol. The summed E-state index contributed by atoms with van der Waals surface area (Å²) in [6, 6.07) is 21.5. The van der Waals surface area contributed by atoms with Crippen molar-refractivity contribution in [2.75, 3.05) is 31.5 Å². The van der Waals surface area contributed by atoms with Crippen LogP contribution in [0.2, 0.25) is 0 Å². The van der Waals surface area contributed by atoms with Crippen LogP contribution in [-0.4, -0.2) is 36.1 Å². The molecule has 5 rings (SSSR count). The number of benzene rings is 2. The van der Waals surface area contributed by atoms with Crippen LogP contribution in [0, 0.1) is 0 Å². The number of aromatic amines is 1. The molecule has 0 unspecified atom stereocenters. The van der Waals surface area contributed by atoms with E-state index in [1.54, 1.807) is 0 Å². The van der Waals surface area contributed by atoms with Gasteiger partial charge in [0.25, 0.3) is 0 Å². The lowest BCUT2D eigenvalue weighted by molar-refractivity contribution is -0.646. The van der Waals surface area contributed by atoms with E-state index in [0.717, 1.165) is 18.8 Å². The van der Waals surface area contributed by atoms with Crippen molar-refractivity contribution in [3.8, 4) is 0 Å². The van der Waals surface area contributed by atoms with Crippen molar-refractivity contribution < 1.29 is 28.5 Å². The third-order valence-corrected chi connectivity index (χ3v) is 6.41. The number of piperidine rings is 1. The fourth-order valence-electron chi connectivity index (χ4n) is 4.65. The molecule has 2 aromatic heterocycles. The molecule has 1 aliphatic heterocycles. The van der Waals surface area contributed by atoms with E-state index >= 15 is 0 Å². The highest BCUT2D eigenvalue weighted by Gasteiger charge is 2.15. The first kappa shape index (κ1) is 22.8. The molecule has 0 aliphatic carbocycles. The van der Waals surface area contributed by atoms with Crippen LogP contribution < -0.4 is 33.9 Å². The Bertz CT molecular complexity index is 1190. The smallest absolute Gasteiger partial charge is 0.214 e. The maximum atomic E-state index is 3.73. The highest BCUT2D eigenvalue weighted by Crippen LogP contribution is 2.23. The van der Waals surface area contributed by atoms with Gasteiger partial charge in [-0.1, -0.05) is 36.8 Å². The molecule has 1 aliphatic rings. The fourth-order valence-corrected chi connectivity index (χ4v) is 4.65. The number of fused-ring (bicyclic) bond motifs is 2. The Kier molecular flexibility index (Phi) is 7.48. The van der Waals surface area contributed by atoms with Gasteiger partial charge in [-0.15, -0.1) is 0 Å². The van der Waals surface area contributed by atoms with Gasteiger partial charge in [0.2, 0.25) is 11.2 Å². The Balaban J connectivity index is 0.00000245. The Hall–Kier alpha value is -2.38. The van der Waals surface area contributed by atoms with Crippen molar-refractivity contribution in [1.82, 2.24) is 9.88 Å². The average Bonchev–Trinajstić information content (AvgIpc) is 3.24. The minimum atomic E-state index is 0. The van der Waals surface area contributed by atoms with Gasteiger partial charge < -0.3 is 39.2 Å². The summed E-state index contributed by atoms with van der Waals surface area (Å²) >= 11 is 0. The summed E-state index contributed by atoms with van der Waals surface area (Å²) in [4.78, 5) is 6.07. The summed E-state index contributed by atoms with van der Waals surface area (Å²) in [5.74, 6) is 0. The van der Waals surface area contributed by atoms with E-state index < -0.39 is 0 Å². The van der Waals surface area contributed by atoms with Crippen molar-refractivity contribution in [2.24, 2.45) is 7.05 Å². The Labute approximate surface area is 207 Å². The summed E-state index contributed by atoms with van der Waals surface area (Å²) in [5, 5.41) is 6.24. The number of para-hydroxylation sites is 2. The molecule has 166 valence electrons. The summed E-state index contributed by atoms with van der Waals surface area (Å²) in [6.07, 6.45) is 8.43. The van der Waals surface area contributed by atoms with Crippen molar-refractivity contribution >= 4 is 39.6 Å². The van der Waals surface area contributed by atoms with E-state index in [1.807, 2.05) is 0 Å². The molecule has 5 heteroatoms. The van der Waals surface area contributed by atoms with Gasteiger partial charge in [-0.3, -0.25) is 0 Å². The molecule has 1 saturated heterocycles. The summed E-state index contributed by atoms with van der Waals surface area (Å²) < 4.78 is 2.27.